The number of aliphatic hydroxyl groups excluding tert-OH is 1. The van der Waals surface area contributed by atoms with Crippen LogP contribution in [0.15, 0.2) is 6.20 Å². The Kier molecular flexibility index (Phi) is 4.70. The average Bonchev–Trinajstić information content (AvgIpc) is 3.05. The van der Waals surface area contributed by atoms with E-state index in [4.69, 9.17) is 4.74 Å². The number of aryl methyl sites for hydroxylation is 2. The quantitative estimate of drug-likeness (QED) is 0.892. The van der Waals surface area contributed by atoms with Crippen LogP contribution in [0.5, 0.6) is 0 Å². The van der Waals surface area contributed by atoms with Crippen molar-refractivity contribution in [2.75, 3.05) is 7.11 Å². The van der Waals surface area contributed by atoms with E-state index < -0.39 is 6.10 Å². The fourth-order valence-corrected chi connectivity index (χ4v) is 4.09. The molecule has 1 aliphatic carbocycles. The van der Waals surface area contributed by atoms with Crippen LogP contribution in [-0.4, -0.2) is 39.7 Å². The van der Waals surface area contributed by atoms with E-state index in [1.54, 1.807) is 18.4 Å². The highest BCUT2D eigenvalue weighted by molar-refractivity contribution is 7.17. The molecule has 1 fully saturated rings. The van der Waals surface area contributed by atoms with Crippen LogP contribution in [0.1, 0.15) is 35.5 Å². The molecule has 1 saturated carbocycles. The van der Waals surface area contributed by atoms with Crippen LogP contribution in [0.2, 0.25) is 0 Å². The zero-order valence-electron chi connectivity index (χ0n) is 13.7. The third-order valence-corrected chi connectivity index (χ3v) is 5.79. The smallest absolute Gasteiger partial charge is 0.223 e. The molecule has 0 unspecified atom stereocenters. The lowest BCUT2D eigenvalue weighted by Crippen LogP contribution is -2.41. The van der Waals surface area contributed by atoms with Gasteiger partial charge in [-0.2, -0.15) is 0 Å². The zero-order valence-corrected chi connectivity index (χ0v) is 14.5. The van der Waals surface area contributed by atoms with Gasteiger partial charge in [-0.25, -0.2) is 4.98 Å². The van der Waals surface area contributed by atoms with Crippen molar-refractivity contribution in [1.29, 1.82) is 0 Å². The molecule has 0 radical (unpaired) electrons. The van der Waals surface area contributed by atoms with E-state index in [2.05, 4.69) is 28.5 Å². The molecular formula is C16H23N3O3S. The van der Waals surface area contributed by atoms with Crippen molar-refractivity contribution in [1.82, 2.24) is 14.7 Å². The van der Waals surface area contributed by atoms with E-state index >= 15 is 0 Å². The fourth-order valence-electron chi connectivity index (χ4n) is 3.11. The van der Waals surface area contributed by atoms with Gasteiger partial charge >= 0.3 is 0 Å². The monoisotopic (exact) mass is 337 g/mol. The van der Waals surface area contributed by atoms with Gasteiger partial charge in [0, 0.05) is 29.8 Å². The maximum Gasteiger partial charge on any atom is 0.223 e. The van der Waals surface area contributed by atoms with Crippen LogP contribution in [0.4, 0.5) is 0 Å². The SMILES string of the molecule is CO[C@@H]1C[C@H](C(=O)NCc2cn3c(C)c(C)sc3n2)CC[C@@H]1O. The summed E-state index contributed by atoms with van der Waals surface area (Å²) in [5, 5.41) is 12.8. The number of nitrogens with zero attached hydrogens (tertiary/aromatic N) is 2. The standard InChI is InChI=1S/C16H23N3O3S/c1-9-10(2)23-16-18-12(8-19(9)16)7-17-15(21)11-4-5-13(20)14(6-11)22-3/h8,11,13-14,20H,4-7H2,1-3H3,(H,17,21)/t11-,13+,14-/m1/s1. The Balaban J connectivity index is 1.59. The third kappa shape index (κ3) is 3.27. The first kappa shape index (κ1) is 16.4. The molecule has 3 rings (SSSR count). The molecule has 3 atom stereocenters. The number of carbonyl (C=O) groups excluding carboxylic acids is 1. The molecular weight excluding hydrogens is 314 g/mol. The van der Waals surface area contributed by atoms with E-state index in [1.165, 1.54) is 10.6 Å². The van der Waals surface area contributed by atoms with E-state index in [9.17, 15) is 9.90 Å². The predicted molar refractivity (Wildman–Crippen MR) is 88.5 cm³/mol. The Bertz CT molecular complexity index is 709. The number of imidazole rings is 1. The number of aliphatic hydroxyl groups is 1. The number of thiazole rings is 1. The average molecular weight is 337 g/mol. The van der Waals surface area contributed by atoms with Crippen LogP contribution in [0.3, 0.4) is 0 Å². The molecule has 0 bridgehead atoms. The summed E-state index contributed by atoms with van der Waals surface area (Å²) in [5.74, 6) is -0.0840. The topological polar surface area (TPSA) is 75.9 Å². The molecule has 1 amide bonds. The summed E-state index contributed by atoms with van der Waals surface area (Å²) in [6.07, 6.45) is 3.15. The summed E-state index contributed by atoms with van der Waals surface area (Å²) in [6.45, 7) is 4.59. The van der Waals surface area contributed by atoms with Gasteiger partial charge in [-0.05, 0) is 33.1 Å². The first-order valence-corrected chi connectivity index (χ1v) is 8.73. The number of hydrogen-bond acceptors (Lipinski definition) is 5. The molecule has 0 aromatic carbocycles. The molecule has 7 heteroatoms. The number of rotatable bonds is 4. The molecule has 2 aromatic heterocycles. The summed E-state index contributed by atoms with van der Waals surface area (Å²) in [7, 11) is 1.58. The maximum atomic E-state index is 12.3. The van der Waals surface area contributed by atoms with Gasteiger partial charge in [0.1, 0.15) is 0 Å². The molecule has 23 heavy (non-hydrogen) atoms. The lowest BCUT2D eigenvalue weighted by Gasteiger charge is -2.31. The molecule has 2 aromatic rings. The van der Waals surface area contributed by atoms with Crippen LogP contribution in [0, 0.1) is 19.8 Å². The summed E-state index contributed by atoms with van der Waals surface area (Å²) < 4.78 is 7.32. The third-order valence-electron chi connectivity index (χ3n) is 4.71. The summed E-state index contributed by atoms with van der Waals surface area (Å²) in [6, 6.07) is 0. The Morgan fingerprint density at radius 3 is 3.00 bits per heavy atom. The van der Waals surface area contributed by atoms with Crippen LogP contribution >= 0.6 is 11.3 Å². The Hall–Kier alpha value is -1.44. The number of aromatic nitrogens is 2. The molecule has 126 valence electrons. The minimum absolute atomic E-state index is 0.0169. The zero-order chi connectivity index (χ0) is 16.6. The second-order valence-electron chi connectivity index (χ2n) is 6.20. The van der Waals surface area contributed by atoms with Gasteiger partial charge in [0.25, 0.3) is 0 Å². The first-order chi connectivity index (χ1) is 11.0. The second-order valence-corrected chi connectivity index (χ2v) is 7.38. The van der Waals surface area contributed by atoms with Gasteiger partial charge in [0.15, 0.2) is 4.96 Å². The van der Waals surface area contributed by atoms with Crippen molar-refractivity contribution in [2.45, 2.75) is 51.9 Å². The number of methoxy groups -OCH3 is 1. The van der Waals surface area contributed by atoms with Crippen molar-refractivity contribution in [3.8, 4) is 0 Å². The van der Waals surface area contributed by atoms with Gasteiger partial charge in [-0.15, -0.1) is 11.3 Å². The Morgan fingerprint density at radius 2 is 2.30 bits per heavy atom. The summed E-state index contributed by atoms with van der Waals surface area (Å²) in [5.41, 5.74) is 2.06. The first-order valence-electron chi connectivity index (χ1n) is 7.92. The minimum atomic E-state index is -0.463. The lowest BCUT2D eigenvalue weighted by molar-refractivity contribution is -0.130. The molecule has 1 aliphatic rings. The summed E-state index contributed by atoms with van der Waals surface area (Å²) in [4.78, 5) is 19.1. The Labute approximate surface area is 139 Å². The van der Waals surface area contributed by atoms with E-state index in [-0.39, 0.29) is 17.9 Å². The van der Waals surface area contributed by atoms with Crippen molar-refractivity contribution in [3.63, 3.8) is 0 Å². The van der Waals surface area contributed by atoms with Crippen molar-refractivity contribution < 1.29 is 14.6 Å². The highest BCUT2D eigenvalue weighted by Crippen LogP contribution is 2.27. The van der Waals surface area contributed by atoms with Crippen LogP contribution in [0.25, 0.3) is 4.96 Å². The van der Waals surface area contributed by atoms with Crippen molar-refractivity contribution in [2.24, 2.45) is 5.92 Å². The van der Waals surface area contributed by atoms with E-state index in [0.717, 1.165) is 10.7 Å². The maximum absolute atomic E-state index is 12.3. The number of carbonyl (C=O) groups is 1. The lowest BCUT2D eigenvalue weighted by atomic mass is 9.84. The van der Waals surface area contributed by atoms with Crippen LogP contribution in [-0.2, 0) is 16.1 Å². The van der Waals surface area contributed by atoms with Gasteiger partial charge in [0.05, 0.1) is 24.4 Å². The van der Waals surface area contributed by atoms with Gasteiger partial charge in [-0.1, -0.05) is 0 Å². The van der Waals surface area contributed by atoms with E-state index in [0.29, 0.717) is 25.8 Å². The van der Waals surface area contributed by atoms with Crippen LogP contribution < -0.4 is 5.32 Å². The molecule has 2 N–H and O–H groups in total. The number of hydrogen-bond donors (Lipinski definition) is 2. The number of ether oxygens (including phenoxy) is 1. The number of nitrogens with one attached hydrogen (secondary N) is 1. The molecule has 0 saturated heterocycles. The van der Waals surface area contributed by atoms with Crippen molar-refractivity contribution >= 4 is 22.2 Å². The molecule has 6 nitrogen and oxygen atoms in total. The molecule has 2 heterocycles. The number of amides is 1. The fraction of sp³-hybridized carbons (Fsp3) is 0.625. The number of fused-ring (bicyclic) bond motifs is 1. The second kappa shape index (κ2) is 6.59. The highest BCUT2D eigenvalue weighted by Gasteiger charge is 2.32. The predicted octanol–water partition coefficient (Wildman–Crippen LogP) is 1.80. The van der Waals surface area contributed by atoms with E-state index in [1.807, 2.05) is 6.20 Å². The highest BCUT2D eigenvalue weighted by atomic mass is 32.1. The van der Waals surface area contributed by atoms with Crippen molar-refractivity contribution in [3.05, 3.63) is 22.5 Å². The normalized spacial score (nSPS) is 25.0. The largest absolute Gasteiger partial charge is 0.390 e. The summed E-state index contributed by atoms with van der Waals surface area (Å²) >= 11 is 1.66. The molecule has 0 spiro atoms. The van der Waals surface area contributed by atoms with Gasteiger partial charge in [-0.3, -0.25) is 9.20 Å². The minimum Gasteiger partial charge on any atom is -0.390 e. The Morgan fingerprint density at radius 1 is 1.52 bits per heavy atom. The van der Waals surface area contributed by atoms with Gasteiger partial charge < -0.3 is 15.2 Å². The molecule has 0 aliphatic heterocycles. The van der Waals surface area contributed by atoms with Gasteiger partial charge in [0.2, 0.25) is 5.91 Å².